The zero-order chi connectivity index (χ0) is 21.7. The quantitative estimate of drug-likeness (QED) is 0.476. The second-order valence-corrected chi connectivity index (χ2v) is 9.83. The summed E-state index contributed by atoms with van der Waals surface area (Å²) >= 11 is 9.27. The number of amides is 1. The van der Waals surface area contributed by atoms with Gasteiger partial charge < -0.3 is 5.32 Å². The van der Waals surface area contributed by atoms with Gasteiger partial charge in [-0.25, -0.2) is 8.42 Å². The van der Waals surface area contributed by atoms with E-state index in [9.17, 15) is 13.2 Å². The van der Waals surface area contributed by atoms with Crippen molar-refractivity contribution in [2.45, 2.75) is 24.3 Å². The Morgan fingerprint density at radius 1 is 1.03 bits per heavy atom. The third-order valence-corrected chi connectivity index (χ3v) is 6.72. The minimum Gasteiger partial charge on any atom is -0.324 e. The van der Waals surface area contributed by atoms with Crippen LogP contribution in [0.15, 0.2) is 82.2 Å². The summed E-state index contributed by atoms with van der Waals surface area (Å²) in [5.41, 5.74) is 2.19. The predicted molar refractivity (Wildman–Crippen MR) is 123 cm³/mol. The first-order valence-electron chi connectivity index (χ1n) is 9.13. The molecule has 0 aliphatic heterocycles. The molecule has 156 valence electrons. The van der Waals surface area contributed by atoms with Crippen LogP contribution in [0.3, 0.4) is 0 Å². The molecule has 1 atom stereocenters. The molecule has 0 aromatic heterocycles. The van der Waals surface area contributed by atoms with Gasteiger partial charge in [-0.1, -0.05) is 57.9 Å². The van der Waals surface area contributed by atoms with Gasteiger partial charge in [-0.3, -0.25) is 4.79 Å². The van der Waals surface area contributed by atoms with Crippen molar-refractivity contribution in [1.29, 1.82) is 0 Å². The average Bonchev–Trinajstić information content (AvgIpc) is 2.70. The summed E-state index contributed by atoms with van der Waals surface area (Å²) < 4.78 is 29.1. The molecular formula is C22H20BrClN2O3S. The molecule has 0 spiro atoms. The first kappa shape index (κ1) is 22.5. The van der Waals surface area contributed by atoms with E-state index in [2.05, 4.69) is 26.0 Å². The van der Waals surface area contributed by atoms with Crippen LogP contribution in [0.2, 0.25) is 5.02 Å². The first-order valence-corrected chi connectivity index (χ1v) is 11.8. The number of nitrogens with one attached hydrogen (secondary N) is 2. The topological polar surface area (TPSA) is 75.3 Å². The lowest BCUT2D eigenvalue weighted by atomic mass is 10.1. The lowest BCUT2D eigenvalue weighted by Crippen LogP contribution is -2.45. The van der Waals surface area contributed by atoms with Gasteiger partial charge in [-0.05, 0) is 66.9 Å². The second-order valence-electron chi connectivity index (χ2n) is 6.77. The van der Waals surface area contributed by atoms with Crippen molar-refractivity contribution in [3.05, 3.63) is 93.4 Å². The maximum Gasteiger partial charge on any atom is 0.242 e. The number of carbonyl (C=O) groups is 1. The Hall–Kier alpha value is -2.19. The van der Waals surface area contributed by atoms with Gasteiger partial charge >= 0.3 is 0 Å². The molecule has 0 saturated carbocycles. The fourth-order valence-electron chi connectivity index (χ4n) is 2.89. The Morgan fingerprint density at radius 3 is 2.33 bits per heavy atom. The van der Waals surface area contributed by atoms with Crippen LogP contribution < -0.4 is 10.0 Å². The van der Waals surface area contributed by atoms with E-state index in [4.69, 9.17) is 11.6 Å². The Morgan fingerprint density at radius 2 is 1.70 bits per heavy atom. The highest BCUT2D eigenvalue weighted by Gasteiger charge is 2.26. The van der Waals surface area contributed by atoms with Gasteiger partial charge in [-0.15, -0.1) is 0 Å². The number of rotatable bonds is 7. The zero-order valence-electron chi connectivity index (χ0n) is 16.1. The van der Waals surface area contributed by atoms with Gasteiger partial charge in [0.25, 0.3) is 0 Å². The van der Waals surface area contributed by atoms with Crippen LogP contribution in [0, 0.1) is 6.92 Å². The number of hydrogen-bond acceptors (Lipinski definition) is 3. The third kappa shape index (κ3) is 5.92. The molecule has 1 amide bonds. The summed E-state index contributed by atoms with van der Waals surface area (Å²) in [6.45, 7) is 1.82. The molecule has 0 heterocycles. The van der Waals surface area contributed by atoms with Gasteiger partial charge in [-0.2, -0.15) is 4.72 Å². The maximum atomic E-state index is 13.0. The number of hydrogen-bond donors (Lipinski definition) is 2. The minimum absolute atomic E-state index is 0.0826. The fraction of sp³-hybridized carbons (Fsp3) is 0.136. The van der Waals surface area contributed by atoms with Crippen molar-refractivity contribution in [2.75, 3.05) is 5.32 Å². The van der Waals surface area contributed by atoms with Crippen molar-refractivity contribution in [3.8, 4) is 0 Å². The second kappa shape index (κ2) is 9.75. The zero-order valence-corrected chi connectivity index (χ0v) is 19.3. The molecule has 2 N–H and O–H groups in total. The highest BCUT2D eigenvalue weighted by Crippen LogP contribution is 2.21. The lowest BCUT2D eigenvalue weighted by molar-refractivity contribution is -0.117. The SMILES string of the molecule is Cc1cc(Cl)ccc1NC(=O)[C@H](Cc1ccccc1)NS(=O)(=O)c1ccc(Br)cc1. The minimum atomic E-state index is -3.90. The van der Waals surface area contributed by atoms with Crippen LogP contribution in [0.4, 0.5) is 5.69 Å². The van der Waals surface area contributed by atoms with E-state index in [-0.39, 0.29) is 11.3 Å². The largest absolute Gasteiger partial charge is 0.324 e. The number of aryl methyl sites for hydroxylation is 1. The highest BCUT2D eigenvalue weighted by molar-refractivity contribution is 9.10. The van der Waals surface area contributed by atoms with Crippen LogP contribution in [0.1, 0.15) is 11.1 Å². The Balaban J connectivity index is 1.87. The lowest BCUT2D eigenvalue weighted by Gasteiger charge is -2.19. The van der Waals surface area contributed by atoms with Crippen LogP contribution in [0.25, 0.3) is 0 Å². The normalized spacial score (nSPS) is 12.4. The number of anilines is 1. The summed E-state index contributed by atoms with van der Waals surface area (Å²) in [7, 11) is -3.90. The fourth-order valence-corrected chi connectivity index (χ4v) is 4.58. The van der Waals surface area contributed by atoms with E-state index in [1.54, 1.807) is 30.3 Å². The molecular weight excluding hydrogens is 488 g/mol. The van der Waals surface area contributed by atoms with Crippen LogP contribution in [-0.4, -0.2) is 20.4 Å². The van der Waals surface area contributed by atoms with E-state index < -0.39 is 22.0 Å². The molecule has 0 bridgehead atoms. The summed E-state index contributed by atoms with van der Waals surface area (Å²) in [5, 5.41) is 3.37. The molecule has 0 saturated heterocycles. The summed E-state index contributed by atoms with van der Waals surface area (Å²) in [6, 6.07) is 19.6. The summed E-state index contributed by atoms with van der Waals surface area (Å²) in [5.74, 6) is -0.454. The van der Waals surface area contributed by atoms with Crippen molar-refractivity contribution < 1.29 is 13.2 Å². The van der Waals surface area contributed by atoms with Crippen molar-refractivity contribution in [1.82, 2.24) is 4.72 Å². The Labute approximate surface area is 189 Å². The van der Waals surface area contributed by atoms with Gasteiger partial charge in [0, 0.05) is 15.2 Å². The predicted octanol–water partition coefficient (Wildman–Crippen LogP) is 4.94. The molecule has 0 unspecified atom stereocenters. The molecule has 8 heteroatoms. The van der Waals surface area contributed by atoms with E-state index in [0.29, 0.717) is 10.7 Å². The number of sulfonamides is 1. The number of halogens is 2. The van der Waals surface area contributed by atoms with E-state index >= 15 is 0 Å². The molecule has 0 aliphatic rings. The van der Waals surface area contributed by atoms with Gasteiger partial charge in [0.15, 0.2) is 0 Å². The molecule has 0 aliphatic carbocycles. The molecule has 3 rings (SSSR count). The third-order valence-electron chi connectivity index (χ3n) is 4.47. The van der Waals surface area contributed by atoms with Gasteiger partial charge in [0.2, 0.25) is 15.9 Å². The highest BCUT2D eigenvalue weighted by atomic mass is 79.9. The van der Waals surface area contributed by atoms with Crippen LogP contribution in [-0.2, 0) is 21.2 Å². The number of benzene rings is 3. The smallest absolute Gasteiger partial charge is 0.242 e. The summed E-state index contributed by atoms with van der Waals surface area (Å²) in [4.78, 5) is 13.1. The van der Waals surface area contributed by atoms with E-state index in [1.807, 2.05) is 37.3 Å². The van der Waals surface area contributed by atoms with Crippen molar-refractivity contribution in [2.24, 2.45) is 0 Å². The molecule has 0 fully saturated rings. The van der Waals surface area contributed by atoms with Gasteiger partial charge in [0.05, 0.1) is 4.90 Å². The molecule has 5 nitrogen and oxygen atoms in total. The van der Waals surface area contributed by atoms with Crippen LogP contribution >= 0.6 is 27.5 Å². The summed E-state index contributed by atoms with van der Waals surface area (Å²) in [6.07, 6.45) is 0.203. The number of carbonyl (C=O) groups excluding carboxylic acids is 1. The molecule has 0 radical (unpaired) electrons. The van der Waals surface area contributed by atoms with E-state index in [1.165, 1.54) is 12.1 Å². The van der Waals surface area contributed by atoms with Crippen molar-refractivity contribution >= 4 is 49.1 Å². The maximum absolute atomic E-state index is 13.0. The van der Waals surface area contributed by atoms with Crippen molar-refractivity contribution in [3.63, 3.8) is 0 Å². The monoisotopic (exact) mass is 506 g/mol. The molecule has 30 heavy (non-hydrogen) atoms. The Bertz CT molecular complexity index is 1140. The average molecular weight is 508 g/mol. The van der Waals surface area contributed by atoms with Gasteiger partial charge in [0.1, 0.15) is 6.04 Å². The molecule has 3 aromatic carbocycles. The van der Waals surface area contributed by atoms with Crippen LogP contribution in [0.5, 0.6) is 0 Å². The van der Waals surface area contributed by atoms with E-state index in [0.717, 1.165) is 15.6 Å². The molecule has 3 aromatic rings. The first-order chi connectivity index (χ1) is 14.2. The standard InChI is InChI=1S/C22H20BrClN2O3S/c1-15-13-18(24)9-12-20(15)25-22(27)21(14-16-5-3-2-4-6-16)26-30(28,29)19-10-7-17(23)8-11-19/h2-13,21,26H,14H2,1H3,(H,25,27)/t21-/m0/s1. The Kier molecular flexibility index (Phi) is 7.31.